The summed E-state index contributed by atoms with van der Waals surface area (Å²) < 4.78 is 45.2. The monoisotopic (exact) mass is 379 g/mol. The third-order valence-corrected chi connectivity index (χ3v) is 5.90. The molecule has 0 aliphatic heterocycles. The second-order valence-corrected chi connectivity index (χ2v) is 7.63. The van der Waals surface area contributed by atoms with Crippen LogP contribution in [-0.2, 0) is 10.8 Å². The van der Waals surface area contributed by atoms with E-state index in [1.54, 1.807) is 0 Å². The summed E-state index contributed by atoms with van der Waals surface area (Å²) in [6.45, 7) is 2.02. The minimum absolute atomic E-state index is 0.144. The van der Waals surface area contributed by atoms with Crippen molar-refractivity contribution in [3.8, 4) is 11.5 Å². The largest absolute Gasteiger partial charge is 0.429 e. The van der Waals surface area contributed by atoms with Crippen LogP contribution >= 0.6 is 11.8 Å². The summed E-state index contributed by atoms with van der Waals surface area (Å²) in [6, 6.07) is 12.4. The Hall–Kier alpha value is -1.99. The lowest BCUT2D eigenvalue weighted by molar-refractivity contribution is 0.472. The molecule has 0 saturated carbocycles. The highest BCUT2D eigenvalue weighted by molar-refractivity contribution is 7.99. The van der Waals surface area contributed by atoms with Gasteiger partial charge in [0.05, 0.1) is 0 Å². The Bertz CT molecular complexity index is 897. The van der Waals surface area contributed by atoms with E-state index in [-0.39, 0.29) is 9.92 Å². The molecule has 0 spiro atoms. The van der Waals surface area contributed by atoms with Crippen molar-refractivity contribution < 1.29 is 17.4 Å². The van der Waals surface area contributed by atoms with Gasteiger partial charge < -0.3 is 4.42 Å². The lowest BCUT2D eigenvalue weighted by atomic mass is 10.2. The van der Waals surface area contributed by atoms with Gasteiger partial charge in [-0.15, -0.1) is 0 Å². The first-order valence-corrected chi connectivity index (χ1v) is 9.79. The summed E-state index contributed by atoms with van der Waals surface area (Å²) in [7, 11) is -1.77. The minimum atomic E-state index is -1.77. The fourth-order valence-electron chi connectivity index (χ4n) is 2.10. The molecule has 0 amide bonds. The molecule has 7 heteroatoms. The number of nitrogens with zero attached hydrogens (tertiary/aromatic N) is 1. The van der Waals surface area contributed by atoms with Crippen LogP contribution in [0.1, 0.15) is 13.3 Å². The van der Waals surface area contributed by atoms with Crippen molar-refractivity contribution in [3.05, 3.63) is 60.2 Å². The highest BCUT2D eigenvalue weighted by atomic mass is 32.2. The zero-order valence-corrected chi connectivity index (χ0v) is 15.0. The van der Waals surface area contributed by atoms with E-state index in [2.05, 4.69) is 4.98 Å². The van der Waals surface area contributed by atoms with E-state index in [1.165, 1.54) is 17.8 Å². The SMILES string of the molecule is CCCSc1oc(-c2ccccc2)nc1S(=O)c1ccc(F)c(F)c1. The molecule has 3 nitrogen and oxygen atoms in total. The summed E-state index contributed by atoms with van der Waals surface area (Å²) in [5.41, 5.74) is 0.759. The van der Waals surface area contributed by atoms with E-state index in [9.17, 15) is 13.0 Å². The van der Waals surface area contributed by atoms with E-state index in [0.29, 0.717) is 11.0 Å². The molecule has 3 rings (SSSR count). The number of aromatic nitrogens is 1. The Labute approximate surface area is 150 Å². The van der Waals surface area contributed by atoms with Crippen LogP contribution in [0.5, 0.6) is 0 Å². The molecule has 1 aromatic heterocycles. The summed E-state index contributed by atoms with van der Waals surface area (Å²) in [5.74, 6) is -0.900. The molecule has 3 aromatic rings. The van der Waals surface area contributed by atoms with Gasteiger partial charge in [-0.1, -0.05) is 36.9 Å². The molecule has 1 atom stereocenters. The molecule has 25 heavy (non-hydrogen) atoms. The van der Waals surface area contributed by atoms with Crippen molar-refractivity contribution in [1.29, 1.82) is 0 Å². The van der Waals surface area contributed by atoms with Crippen LogP contribution in [-0.4, -0.2) is 14.9 Å². The van der Waals surface area contributed by atoms with Crippen LogP contribution in [0.15, 0.2) is 68.0 Å². The Kier molecular flexibility index (Phi) is 5.65. The number of thioether (sulfide) groups is 1. The quantitative estimate of drug-likeness (QED) is 0.546. The highest BCUT2D eigenvalue weighted by Gasteiger charge is 2.22. The zero-order chi connectivity index (χ0) is 17.8. The Morgan fingerprint density at radius 1 is 1.12 bits per heavy atom. The van der Waals surface area contributed by atoms with E-state index >= 15 is 0 Å². The second-order valence-electron chi connectivity index (χ2n) is 5.17. The van der Waals surface area contributed by atoms with Crippen LogP contribution in [0.25, 0.3) is 11.5 Å². The third kappa shape index (κ3) is 3.99. The maximum absolute atomic E-state index is 13.5. The topological polar surface area (TPSA) is 43.1 Å². The molecule has 0 aliphatic carbocycles. The number of oxazole rings is 1. The summed E-state index contributed by atoms with van der Waals surface area (Å²) >= 11 is 1.40. The predicted octanol–water partition coefficient (Wildman–Crippen LogP) is 5.29. The van der Waals surface area contributed by atoms with Gasteiger partial charge in [0.1, 0.15) is 10.8 Å². The molecule has 0 radical (unpaired) electrons. The lowest BCUT2D eigenvalue weighted by Crippen LogP contribution is -1.97. The first kappa shape index (κ1) is 17.8. The Morgan fingerprint density at radius 2 is 1.88 bits per heavy atom. The molecule has 1 unspecified atom stereocenters. The minimum Gasteiger partial charge on any atom is -0.429 e. The van der Waals surface area contributed by atoms with Crippen molar-refractivity contribution in [1.82, 2.24) is 4.98 Å². The van der Waals surface area contributed by atoms with Gasteiger partial charge in [-0.3, -0.25) is 0 Å². The van der Waals surface area contributed by atoms with Crippen LogP contribution < -0.4 is 0 Å². The van der Waals surface area contributed by atoms with Gasteiger partial charge in [0, 0.05) is 16.2 Å². The second kappa shape index (κ2) is 7.93. The molecule has 0 N–H and O–H groups in total. The van der Waals surface area contributed by atoms with E-state index in [0.717, 1.165) is 29.9 Å². The van der Waals surface area contributed by atoms with Crippen LogP contribution in [0.2, 0.25) is 0 Å². The molecular weight excluding hydrogens is 364 g/mol. The zero-order valence-electron chi connectivity index (χ0n) is 13.4. The lowest BCUT2D eigenvalue weighted by Gasteiger charge is -2.02. The molecule has 130 valence electrons. The number of rotatable bonds is 6. The van der Waals surface area contributed by atoms with Gasteiger partial charge in [-0.25, -0.2) is 13.0 Å². The number of halogens is 2. The average molecular weight is 379 g/mol. The molecule has 0 bridgehead atoms. The van der Waals surface area contributed by atoms with E-state index < -0.39 is 22.4 Å². The summed E-state index contributed by atoms with van der Waals surface area (Å²) in [5, 5.41) is 0.659. The Morgan fingerprint density at radius 3 is 2.56 bits per heavy atom. The number of hydrogen-bond donors (Lipinski definition) is 0. The fraction of sp³-hybridized carbons (Fsp3) is 0.167. The Balaban J connectivity index is 2.02. The smallest absolute Gasteiger partial charge is 0.228 e. The van der Waals surface area contributed by atoms with Crippen molar-refractivity contribution in [2.45, 2.75) is 28.4 Å². The molecule has 0 saturated heterocycles. The normalized spacial score (nSPS) is 12.3. The van der Waals surface area contributed by atoms with Crippen molar-refractivity contribution >= 4 is 22.6 Å². The fourth-order valence-corrected chi connectivity index (χ4v) is 4.19. The highest BCUT2D eigenvalue weighted by Crippen LogP contribution is 2.33. The van der Waals surface area contributed by atoms with Crippen LogP contribution in [0.4, 0.5) is 8.78 Å². The first-order chi connectivity index (χ1) is 12.1. The van der Waals surface area contributed by atoms with E-state index in [1.807, 2.05) is 37.3 Å². The van der Waals surface area contributed by atoms with Gasteiger partial charge in [0.15, 0.2) is 21.8 Å². The maximum Gasteiger partial charge on any atom is 0.228 e. The molecule has 2 aromatic carbocycles. The number of hydrogen-bond acceptors (Lipinski definition) is 4. The van der Waals surface area contributed by atoms with Crippen LogP contribution in [0, 0.1) is 11.6 Å². The summed E-state index contributed by atoms with van der Waals surface area (Å²) in [4.78, 5) is 4.50. The standard InChI is InChI=1S/C18H15F2NO2S2/c1-2-10-24-18-17(21-16(23-18)12-6-4-3-5-7-12)25(22)13-8-9-14(19)15(20)11-13/h3-9,11H,2,10H2,1H3. The third-order valence-electron chi connectivity index (χ3n) is 3.31. The number of benzene rings is 2. The van der Waals surface area contributed by atoms with E-state index in [4.69, 9.17) is 4.42 Å². The predicted molar refractivity (Wildman–Crippen MR) is 94.0 cm³/mol. The van der Waals surface area contributed by atoms with Crippen molar-refractivity contribution in [2.24, 2.45) is 0 Å². The molecule has 0 fully saturated rings. The molecule has 1 heterocycles. The van der Waals surface area contributed by atoms with Gasteiger partial charge in [-0.2, -0.15) is 4.98 Å². The van der Waals surface area contributed by atoms with Crippen molar-refractivity contribution in [3.63, 3.8) is 0 Å². The summed E-state index contributed by atoms with van der Waals surface area (Å²) in [6.07, 6.45) is 0.906. The van der Waals surface area contributed by atoms with Crippen LogP contribution in [0.3, 0.4) is 0 Å². The first-order valence-electron chi connectivity index (χ1n) is 7.66. The molecular formula is C18H15F2NO2S2. The van der Waals surface area contributed by atoms with Gasteiger partial charge >= 0.3 is 0 Å². The van der Waals surface area contributed by atoms with Gasteiger partial charge in [0.2, 0.25) is 5.89 Å². The van der Waals surface area contributed by atoms with Gasteiger partial charge in [-0.05, 0) is 36.8 Å². The molecule has 0 aliphatic rings. The average Bonchev–Trinajstić information content (AvgIpc) is 3.06. The van der Waals surface area contributed by atoms with Gasteiger partial charge in [0.25, 0.3) is 0 Å². The van der Waals surface area contributed by atoms with Crippen molar-refractivity contribution in [2.75, 3.05) is 5.75 Å². The maximum atomic E-state index is 13.5.